The van der Waals surface area contributed by atoms with Gasteiger partial charge in [-0.3, -0.25) is 9.69 Å². The van der Waals surface area contributed by atoms with Gasteiger partial charge in [-0.05, 0) is 49.1 Å². The van der Waals surface area contributed by atoms with Crippen LogP contribution in [-0.4, -0.2) is 54.7 Å². The van der Waals surface area contributed by atoms with Crippen LogP contribution in [0.25, 0.3) is 0 Å². The number of benzene rings is 1. The van der Waals surface area contributed by atoms with E-state index in [4.69, 9.17) is 4.74 Å². The highest BCUT2D eigenvalue weighted by Crippen LogP contribution is 2.28. The average molecular weight is 342 g/mol. The highest BCUT2D eigenvalue weighted by Gasteiger charge is 2.41. The molecule has 132 valence electrons. The van der Waals surface area contributed by atoms with Crippen molar-refractivity contribution in [2.75, 3.05) is 26.7 Å². The van der Waals surface area contributed by atoms with E-state index in [1.165, 1.54) is 5.56 Å². The van der Waals surface area contributed by atoms with Crippen molar-refractivity contribution in [2.45, 2.75) is 38.0 Å². The Bertz CT molecular complexity index is 618. The van der Waals surface area contributed by atoms with E-state index >= 15 is 0 Å². The largest absolute Gasteiger partial charge is 0.497 e. The molecule has 4 nitrogen and oxygen atoms in total. The minimum Gasteiger partial charge on any atom is -0.497 e. The molecule has 0 radical (unpaired) electrons. The van der Waals surface area contributed by atoms with E-state index in [2.05, 4.69) is 0 Å². The summed E-state index contributed by atoms with van der Waals surface area (Å²) in [5.41, 5.74) is 2.31. The van der Waals surface area contributed by atoms with E-state index in [1.807, 2.05) is 23.1 Å². The van der Waals surface area contributed by atoms with Gasteiger partial charge in [0.1, 0.15) is 12.3 Å². The van der Waals surface area contributed by atoms with Crippen molar-refractivity contribution in [1.29, 1.82) is 0 Å². The van der Waals surface area contributed by atoms with Crippen LogP contribution in [-0.2, 0) is 17.8 Å². The summed E-state index contributed by atoms with van der Waals surface area (Å²) in [5, 5.41) is 0. The Kier molecular flexibility index (Phi) is 4.71. The number of halogens is 3. The van der Waals surface area contributed by atoms with Crippen LogP contribution < -0.4 is 4.74 Å². The zero-order valence-corrected chi connectivity index (χ0v) is 13.6. The molecule has 0 spiro atoms. The molecule has 1 aromatic carbocycles. The number of aryl methyl sites for hydroxylation is 1. The molecule has 2 heterocycles. The van der Waals surface area contributed by atoms with E-state index in [0.717, 1.165) is 29.1 Å². The smallest absolute Gasteiger partial charge is 0.406 e. The Labute approximate surface area is 139 Å². The molecule has 3 rings (SSSR count). The molecular formula is C17H21F3N2O2. The number of hydrogen-bond acceptors (Lipinski definition) is 3. The molecule has 1 amide bonds. The van der Waals surface area contributed by atoms with Gasteiger partial charge in [0, 0.05) is 13.1 Å². The fourth-order valence-corrected chi connectivity index (χ4v) is 3.59. The molecule has 24 heavy (non-hydrogen) atoms. The molecule has 2 aliphatic heterocycles. The Hall–Kier alpha value is -1.76. The van der Waals surface area contributed by atoms with Crippen LogP contribution in [0.1, 0.15) is 24.0 Å². The monoisotopic (exact) mass is 342 g/mol. The molecule has 7 heteroatoms. The first-order valence-electron chi connectivity index (χ1n) is 8.13. The molecule has 1 fully saturated rings. The predicted molar refractivity (Wildman–Crippen MR) is 82.8 cm³/mol. The van der Waals surface area contributed by atoms with Crippen LogP contribution in [0.3, 0.4) is 0 Å². The second-order valence-corrected chi connectivity index (χ2v) is 6.39. The number of amides is 1. The number of rotatable bonds is 3. The highest BCUT2D eigenvalue weighted by atomic mass is 19.4. The quantitative estimate of drug-likeness (QED) is 0.847. The lowest BCUT2D eigenvalue weighted by Crippen LogP contribution is -2.43. The lowest BCUT2D eigenvalue weighted by atomic mass is 10.0. The number of ether oxygens (including phenoxy) is 1. The molecular weight excluding hydrogens is 321 g/mol. The fraction of sp³-hybridized carbons (Fsp3) is 0.588. The van der Waals surface area contributed by atoms with E-state index in [1.54, 1.807) is 7.11 Å². The van der Waals surface area contributed by atoms with Crippen molar-refractivity contribution in [3.05, 3.63) is 29.3 Å². The number of likely N-dealkylation sites (tertiary alicyclic amines) is 1. The van der Waals surface area contributed by atoms with Crippen LogP contribution >= 0.6 is 0 Å². The zero-order valence-electron chi connectivity index (χ0n) is 13.6. The second-order valence-electron chi connectivity index (χ2n) is 6.39. The summed E-state index contributed by atoms with van der Waals surface area (Å²) in [4.78, 5) is 15.3. The van der Waals surface area contributed by atoms with Crippen molar-refractivity contribution >= 4 is 5.91 Å². The van der Waals surface area contributed by atoms with Gasteiger partial charge in [-0.1, -0.05) is 6.07 Å². The summed E-state index contributed by atoms with van der Waals surface area (Å²) in [6.45, 7) is 0.335. The van der Waals surface area contributed by atoms with Gasteiger partial charge in [-0.25, -0.2) is 0 Å². The minimum absolute atomic E-state index is 0.176. The molecule has 1 aromatic rings. The number of carbonyl (C=O) groups is 1. The van der Waals surface area contributed by atoms with Crippen LogP contribution in [0.5, 0.6) is 5.75 Å². The summed E-state index contributed by atoms with van der Waals surface area (Å²) < 4.78 is 42.9. The van der Waals surface area contributed by atoms with Crippen LogP contribution in [0.2, 0.25) is 0 Å². The molecule has 0 aliphatic carbocycles. The zero-order chi connectivity index (χ0) is 17.3. The Morgan fingerprint density at radius 1 is 1.25 bits per heavy atom. The van der Waals surface area contributed by atoms with Crippen molar-refractivity contribution in [2.24, 2.45) is 0 Å². The predicted octanol–water partition coefficient (Wildman–Crippen LogP) is 2.61. The first kappa shape index (κ1) is 17.1. The van der Waals surface area contributed by atoms with Gasteiger partial charge in [0.05, 0.1) is 13.2 Å². The van der Waals surface area contributed by atoms with Gasteiger partial charge in [0.25, 0.3) is 0 Å². The molecule has 2 aliphatic rings. The number of carbonyl (C=O) groups excluding carboxylic acids is 1. The van der Waals surface area contributed by atoms with Crippen molar-refractivity contribution in [3.8, 4) is 5.75 Å². The van der Waals surface area contributed by atoms with Crippen molar-refractivity contribution in [3.63, 3.8) is 0 Å². The summed E-state index contributed by atoms with van der Waals surface area (Å²) >= 11 is 0. The maximum Gasteiger partial charge on any atom is 0.406 e. The van der Waals surface area contributed by atoms with E-state index in [9.17, 15) is 18.0 Å². The van der Waals surface area contributed by atoms with E-state index in [0.29, 0.717) is 19.5 Å². The average Bonchev–Trinajstić information content (AvgIpc) is 2.75. The number of nitrogens with zero attached hydrogens (tertiary/aromatic N) is 2. The maximum absolute atomic E-state index is 12.6. The standard InChI is InChI=1S/C17H21F3N2O2/c1-24-14-5-4-13-10-21(7-2-3-12(13)9-14)15-6-8-22(16(15)23)11-17(18,19)20/h4-5,9,15H,2-3,6-8,10-11H2,1H3/t15-/m1/s1. The van der Waals surface area contributed by atoms with Crippen LogP contribution in [0, 0.1) is 0 Å². The molecule has 1 atom stereocenters. The molecule has 0 bridgehead atoms. The van der Waals surface area contributed by atoms with Crippen molar-refractivity contribution in [1.82, 2.24) is 9.80 Å². The molecule has 0 N–H and O–H groups in total. The second kappa shape index (κ2) is 6.63. The van der Waals surface area contributed by atoms with Gasteiger partial charge in [0.15, 0.2) is 0 Å². The lowest BCUT2D eigenvalue weighted by Gasteiger charge is -2.27. The Balaban J connectivity index is 1.72. The number of alkyl halides is 3. The number of fused-ring (bicyclic) bond motifs is 1. The first-order chi connectivity index (χ1) is 11.4. The SMILES string of the molecule is COc1ccc2c(c1)CCCN([C@@H]1CCN(CC(F)(F)F)C1=O)C2. The lowest BCUT2D eigenvalue weighted by molar-refractivity contribution is -0.159. The van der Waals surface area contributed by atoms with E-state index < -0.39 is 24.7 Å². The minimum atomic E-state index is -4.34. The van der Waals surface area contributed by atoms with Gasteiger partial charge in [0.2, 0.25) is 5.91 Å². The third kappa shape index (κ3) is 3.66. The van der Waals surface area contributed by atoms with Gasteiger partial charge < -0.3 is 9.64 Å². The summed E-state index contributed by atoms with van der Waals surface area (Å²) in [5.74, 6) is 0.403. The Morgan fingerprint density at radius 3 is 2.75 bits per heavy atom. The number of methoxy groups -OCH3 is 1. The van der Waals surface area contributed by atoms with Gasteiger partial charge in [-0.15, -0.1) is 0 Å². The first-order valence-corrected chi connectivity index (χ1v) is 8.13. The third-order valence-corrected chi connectivity index (χ3v) is 4.76. The summed E-state index contributed by atoms with van der Waals surface area (Å²) in [6, 6.07) is 5.43. The molecule has 0 unspecified atom stereocenters. The van der Waals surface area contributed by atoms with Crippen LogP contribution in [0.4, 0.5) is 13.2 Å². The normalized spacial score (nSPS) is 22.4. The van der Waals surface area contributed by atoms with Gasteiger partial charge >= 0.3 is 6.18 Å². The van der Waals surface area contributed by atoms with E-state index in [-0.39, 0.29) is 6.54 Å². The summed E-state index contributed by atoms with van der Waals surface area (Å²) in [6.07, 6.45) is -2.12. The maximum atomic E-state index is 12.6. The fourth-order valence-electron chi connectivity index (χ4n) is 3.59. The Morgan fingerprint density at radius 2 is 2.04 bits per heavy atom. The van der Waals surface area contributed by atoms with Gasteiger partial charge in [-0.2, -0.15) is 13.2 Å². The van der Waals surface area contributed by atoms with Crippen LogP contribution in [0.15, 0.2) is 18.2 Å². The number of hydrogen-bond donors (Lipinski definition) is 0. The van der Waals surface area contributed by atoms with Crippen molar-refractivity contribution < 1.29 is 22.7 Å². The molecule has 0 saturated carbocycles. The highest BCUT2D eigenvalue weighted by molar-refractivity contribution is 5.84. The molecule has 0 aromatic heterocycles. The topological polar surface area (TPSA) is 32.8 Å². The third-order valence-electron chi connectivity index (χ3n) is 4.76. The molecule has 1 saturated heterocycles. The summed E-state index contributed by atoms with van der Waals surface area (Å²) in [7, 11) is 1.62.